The van der Waals surface area contributed by atoms with Crippen molar-refractivity contribution in [2.24, 2.45) is 0 Å². The van der Waals surface area contributed by atoms with Crippen LogP contribution in [0.15, 0.2) is 28.8 Å². The van der Waals surface area contributed by atoms with Gasteiger partial charge in [0.2, 0.25) is 5.89 Å². The highest BCUT2D eigenvalue weighted by Crippen LogP contribution is 2.36. The fourth-order valence-electron chi connectivity index (χ4n) is 2.69. The predicted octanol–water partition coefficient (Wildman–Crippen LogP) is 0.942. The second-order valence-corrected chi connectivity index (χ2v) is 4.99. The smallest absolute Gasteiger partial charge is 0.293 e. The average Bonchev–Trinajstić information content (AvgIpc) is 3.04. The lowest BCUT2D eigenvalue weighted by atomic mass is 9.92. The van der Waals surface area contributed by atoms with Crippen LogP contribution in [0.3, 0.4) is 0 Å². The van der Waals surface area contributed by atoms with Gasteiger partial charge >= 0.3 is 0 Å². The molecule has 0 saturated heterocycles. The van der Waals surface area contributed by atoms with Crippen LogP contribution in [0.1, 0.15) is 34.1 Å². The van der Waals surface area contributed by atoms with Gasteiger partial charge in [-0.2, -0.15) is 4.98 Å². The molecule has 1 heterocycles. The summed E-state index contributed by atoms with van der Waals surface area (Å²) in [6, 6.07) is 7.80. The number of aryl methyl sites for hydroxylation is 2. The highest BCUT2D eigenvalue weighted by Gasteiger charge is 2.40. The number of hydrogen-bond donors (Lipinski definition) is 2. The van der Waals surface area contributed by atoms with Crippen LogP contribution in [0.2, 0.25) is 0 Å². The van der Waals surface area contributed by atoms with E-state index in [1.165, 1.54) is 0 Å². The minimum atomic E-state index is -0.762. The Balaban J connectivity index is 1.90. The molecule has 0 aliphatic heterocycles. The van der Waals surface area contributed by atoms with Gasteiger partial charge in [-0.05, 0) is 24.0 Å². The molecule has 1 aliphatic rings. The van der Waals surface area contributed by atoms with E-state index in [0.29, 0.717) is 12.3 Å². The fourth-order valence-corrected chi connectivity index (χ4v) is 2.69. The monoisotopic (exact) mass is 273 g/mol. The molecule has 6 nitrogen and oxygen atoms in total. The van der Waals surface area contributed by atoms with Crippen molar-refractivity contribution in [3.63, 3.8) is 0 Å². The number of benzene rings is 1. The largest absolute Gasteiger partial charge is 0.394 e. The van der Waals surface area contributed by atoms with Crippen LogP contribution >= 0.6 is 0 Å². The molecule has 2 aromatic rings. The van der Waals surface area contributed by atoms with Crippen molar-refractivity contribution in [1.82, 2.24) is 15.5 Å². The lowest BCUT2D eigenvalue weighted by Crippen LogP contribution is -2.47. The molecular formula is C14H15N3O3. The van der Waals surface area contributed by atoms with Gasteiger partial charge in [0.05, 0.1) is 12.1 Å². The maximum atomic E-state index is 12.2. The van der Waals surface area contributed by atoms with E-state index in [4.69, 9.17) is 4.52 Å². The molecule has 0 spiro atoms. The number of nitrogens with one attached hydrogen (secondary N) is 1. The normalized spacial score (nSPS) is 20.7. The van der Waals surface area contributed by atoms with Gasteiger partial charge in [-0.15, -0.1) is 0 Å². The van der Waals surface area contributed by atoms with Gasteiger partial charge in [0.15, 0.2) is 0 Å². The SMILES string of the molecule is Cc1nc(C(=O)NC2(CO)CCc3ccccc32)no1. The second kappa shape index (κ2) is 4.72. The average molecular weight is 273 g/mol. The first-order valence-corrected chi connectivity index (χ1v) is 6.47. The number of carbonyl (C=O) groups is 1. The molecule has 1 aromatic carbocycles. The Morgan fingerprint density at radius 2 is 2.30 bits per heavy atom. The molecule has 1 aromatic heterocycles. The molecule has 1 aliphatic carbocycles. The molecule has 1 amide bonds. The predicted molar refractivity (Wildman–Crippen MR) is 70.0 cm³/mol. The molecule has 20 heavy (non-hydrogen) atoms. The molecule has 1 unspecified atom stereocenters. The quantitative estimate of drug-likeness (QED) is 0.869. The lowest BCUT2D eigenvalue weighted by Gasteiger charge is -2.29. The van der Waals surface area contributed by atoms with Crippen molar-refractivity contribution in [2.75, 3.05) is 6.61 Å². The molecule has 0 radical (unpaired) electrons. The molecule has 0 fully saturated rings. The van der Waals surface area contributed by atoms with Crippen LogP contribution in [0, 0.1) is 6.92 Å². The lowest BCUT2D eigenvalue weighted by molar-refractivity contribution is 0.0815. The molecular weight excluding hydrogens is 258 g/mol. The van der Waals surface area contributed by atoms with E-state index < -0.39 is 11.4 Å². The second-order valence-electron chi connectivity index (χ2n) is 4.99. The Morgan fingerprint density at radius 3 is 3.00 bits per heavy atom. The van der Waals surface area contributed by atoms with Crippen molar-refractivity contribution in [3.05, 3.63) is 47.1 Å². The highest BCUT2D eigenvalue weighted by atomic mass is 16.5. The van der Waals surface area contributed by atoms with Crippen LogP contribution in [-0.4, -0.2) is 27.8 Å². The Morgan fingerprint density at radius 1 is 1.50 bits per heavy atom. The van der Waals surface area contributed by atoms with E-state index in [-0.39, 0.29) is 12.4 Å². The number of nitrogens with zero attached hydrogens (tertiary/aromatic N) is 2. The van der Waals surface area contributed by atoms with E-state index in [1.807, 2.05) is 24.3 Å². The first kappa shape index (κ1) is 12.8. The maximum absolute atomic E-state index is 12.2. The standard InChI is InChI=1S/C14H15N3O3/c1-9-15-12(17-20-9)13(19)16-14(8-18)7-6-10-4-2-3-5-11(10)14/h2-5,18H,6-8H2,1H3,(H,16,19). The zero-order valence-electron chi connectivity index (χ0n) is 11.1. The Labute approximate surface area is 115 Å². The van der Waals surface area contributed by atoms with Crippen LogP contribution < -0.4 is 5.32 Å². The van der Waals surface area contributed by atoms with E-state index in [9.17, 15) is 9.90 Å². The third kappa shape index (κ3) is 1.98. The number of amides is 1. The number of carbonyl (C=O) groups excluding carboxylic acids is 1. The zero-order valence-corrected chi connectivity index (χ0v) is 11.1. The number of aliphatic hydroxyl groups is 1. The fraction of sp³-hybridized carbons (Fsp3) is 0.357. The Bertz CT molecular complexity index is 653. The van der Waals surface area contributed by atoms with Crippen LogP contribution in [0.4, 0.5) is 0 Å². The summed E-state index contributed by atoms with van der Waals surface area (Å²) >= 11 is 0. The van der Waals surface area contributed by atoms with Gasteiger partial charge in [0, 0.05) is 6.92 Å². The van der Waals surface area contributed by atoms with Gasteiger partial charge in [-0.25, -0.2) is 0 Å². The van der Waals surface area contributed by atoms with E-state index in [0.717, 1.165) is 17.5 Å². The summed E-state index contributed by atoms with van der Waals surface area (Å²) in [5.74, 6) is -0.118. The number of aromatic nitrogens is 2. The molecule has 0 saturated carbocycles. The van der Waals surface area contributed by atoms with E-state index >= 15 is 0 Å². The summed E-state index contributed by atoms with van der Waals surface area (Å²) in [6.07, 6.45) is 1.48. The van der Waals surface area contributed by atoms with Gasteiger partial charge in [-0.1, -0.05) is 29.4 Å². The van der Waals surface area contributed by atoms with Gasteiger partial charge in [0.25, 0.3) is 11.7 Å². The van der Waals surface area contributed by atoms with Crippen molar-refractivity contribution < 1.29 is 14.4 Å². The maximum Gasteiger partial charge on any atom is 0.293 e. The molecule has 0 bridgehead atoms. The highest BCUT2D eigenvalue weighted by molar-refractivity contribution is 5.91. The molecule has 3 rings (SSSR count). The number of aliphatic hydroxyl groups excluding tert-OH is 1. The number of rotatable bonds is 3. The van der Waals surface area contributed by atoms with Crippen LogP contribution in [0.25, 0.3) is 0 Å². The Hall–Kier alpha value is -2.21. The minimum absolute atomic E-state index is 0.0142. The zero-order chi connectivity index (χ0) is 14.2. The first-order valence-electron chi connectivity index (χ1n) is 6.47. The van der Waals surface area contributed by atoms with Crippen molar-refractivity contribution in [2.45, 2.75) is 25.3 Å². The molecule has 6 heteroatoms. The summed E-state index contributed by atoms with van der Waals surface area (Å²) in [5, 5.41) is 16.2. The van der Waals surface area contributed by atoms with E-state index in [2.05, 4.69) is 15.5 Å². The summed E-state index contributed by atoms with van der Waals surface area (Å²) in [6.45, 7) is 1.46. The molecule has 2 N–H and O–H groups in total. The first-order chi connectivity index (χ1) is 9.64. The summed E-state index contributed by atoms with van der Waals surface area (Å²) in [7, 11) is 0. The molecule has 104 valence electrons. The van der Waals surface area contributed by atoms with Crippen LogP contribution in [0.5, 0.6) is 0 Å². The van der Waals surface area contributed by atoms with Gasteiger partial charge in [-0.3, -0.25) is 4.79 Å². The third-order valence-electron chi connectivity index (χ3n) is 3.71. The minimum Gasteiger partial charge on any atom is -0.394 e. The summed E-state index contributed by atoms with van der Waals surface area (Å²) in [4.78, 5) is 16.1. The van der Waals surface area contributed by atoms with Gasteiger partial charge in [0.1, 0.15) is 0 Å². The summed E-state index contributed by atoms with van der Waals surface area (Å²) < 4.78 is 4.80. The van der Waals surface area contributed by atoms with Crippen molar-refractivity contribution in [3.8, 4) is 0 Å². The van der Waals surface area contributed by atoms with E-state index in [1.54, 1.807) is 6.92 Å². The third-order valence-corrected chi connectivity index (χ3v) is 3.71. The Kier molecular flexibility index (Phi) is 3.02. The van der Waals surface area contributed by atoms with Crippen molar-refractivity contribution in [1.29, 1.82) is 0 Å². The van der Waals surface area contributed by atoms with Crippen molar-refractivity contribution >= 4 is 5.91 Å². The summed E-state index contributed by atoms with van der Waals surface area (Å²) in [5.41, 5.74) is 1.34. The molecule has 1 atom stereocenters. The number of fused-ring (bicyclic) bond motifs is 1. The van der Waals surface area contributed by atoms with Gasteiger partial charge < -0.3 is 14.9 Å². The number of hydrogen-bond acceptors (Lipinski definition) is 5. The van der Waals surface area contributed by atoms with Crippen LogP contribution in [-0.2, 0) is 12.0 Å². The topological polar surface area (TPSA) is 88.2 Å².